The molecule has 1 saturated heterocycles. The summed E-state index contributed by atoms with van der Waals surface area (Å²) in [5, 5.41) is 8.47. The minimum atomic E-state index is 0.790. The molecule has 0 aromatic carbocycles. The number of nitrogens with zero attached hydrogens (tertiary/aromatic N) is 2. The molecule has 3 nitrogen and oxygen atoms in total. The Balaban J connectivity index is 0.000000770. The highest BCUT2D eigenvalue weighted by Gasteiger charge is 2.32. The SMILES string of the molecule is CCCOC[N+]1(CC(C)C)CCCC1.N#C[S-]. The van der Waals surface area contributed by atoms with Crippen molar-refractivity contribution >= 4 is 12.6 Å². The minimum Gasteiger partial charge on any atom is -0.696 e. The van der Waals surface area contributed by atoms with Crippen molar-refractivity contribution < 1.29 is 9.22 Å². The van der Waals surface area contributed by atoms with Gasteiger partial charge in [-0.15, -0.1) is 0 Å². The number of likely N-dealkylation sites (tertiary alicyclic amines) is 1. The average Bonchev–Trinajstić information content (AvgIpc) is 2.67. The van der Waals surface area contributed by atoms with Gasteiger partial charge in [0.25, 0.3) is 0 Å². The van der Waals surface area contributed by atoms with Crippen LogP contribution < -0.4 is 0 Å². The van der Waals surface area contributed by atoms with Crippen molar-refractivity contribution in [1.82, 2.24) is 0 Å². The molecule has 0 amide bonds. The van der Waals surface area contributed by atoms with E-state index in [0.717, 1.165) is 25.7 Å². The number of thiocyanates is 1. The maximum atomic E-state index is 7.13. The molecule has 100 valence electrons. The zero-order chi connectivity index (χ0) is 13.1. The molecular weight excluding hydrogens is 232 g/mol. The lowest BCUT2D eigenvalue weighted by Gasteiger charge is -2.35. The first-order valence-electron chi connectivity index (χ1n) is 6.54. The summed E-state index contributed by atoms with van der Waals surface area (Å²) in [5.74, 6) is 0.790. The summed E-state index contributed by atoms with van der Waals surface area (Å²) in [6.45, 7) is 12.7. The lowest BCUT2D eigenvalue weighted by molar-refractivity contribution is -0.937. The topological polar surface area (TPSA) is 33.0 Å². The van der Waals surface area contributed by atoms with E-state index in [-0.39, 0.29) is 0 Å². The van der Waals surface area contributed by atoms with E-state index in [1.54, 1.807) is 0 Å². The van der Waals surface area contributed by atoms with Gasteiger partial charge >= 0.3 is 0 Å². The second-order valence-corrected chi connectivity index (χ2v) is 5.38. The summed E-state index contributed by atoms with van der Waals surface area (Å²) < 4.78 is 6.96. The summed E-state index contributed by atoms with van der Waals surface area (Å²) in [4.78, 5) is 0. The second kappa shape index (κ2) is 9.64. The molecule has 0 saturated carbocycles. The molecule has 0 unspecified atom stereocenters. The van der Waals surface area contributed by atoms with Crippen LogP contribution in [0.4, 0.5) is 0 Å². The van der Waals surface area contributed by atoms with Crippen LogP contribution in [0.2, 0.25) is 0 Å². The Morgan fingerprint density at radius 1 is 1.35 bits per heavy atom. The molecule has 1 aliphatic rings. The van der Waals surface area contributed by atoms with E-state index in [4.69, 9.17) is 10.00 Å². The van der Waals surface area contributed by atoms with Crippen LogP contribution in [-0.4, -0.2) is 37.5 Å². The number of rotatable bonds is 6. The number of hydrogen-bond donors (Lipinski definition) is 0. The summed E-state index contributed by atoms with van der Waals surface area (Å²) >= 11 is 3.70. The lowest BCUT2D eigenvalue weighted by atomic mass is 10.2. The molecule has 0 bridgehead atoms. The highest BCUT2D eigenvalue weighted by Crippen LogP contribution is 2.21. The van der Waals surface area contributed by atoms with Crippen LogP contribution in [0, 0.1) is 16.6 Å². The van der Waals surface area contributed by atoms with Gasteiger partial charge in [0.1, 0.15) is 0 Å². The van der Waals surface area contributed by atoms with Gasteiger partial charge in [-0.3, -0.25) is 0 Å². The van der Waals surface area contributed by atoms with Crippen LogP contribution in [0.1, 0.15) is 40.0 Å². The Morgan fingerprint density at radius 2 is 1.88 bits per heavy atom. The lowest BCUT2D eigenvalue weighted by Crippen LogP contribution is -2.49. The maximum Gasteiger partial charge on any atom is 0.183 e. The number of ether oxygens (including phenoxy) is 1. The minimum absolute atomic E-state index is 0.790. The Hall–Kier alpha value is -0.370. The normalized spacial score (nSPS) is 17.4. The fourth-order valence-corrected chi connectivity index (χ4v) is 2.55. The van der Waals surface area contributed by atoms with Gasteiger partial charge in [-0.25, -0.2) is 5.26 Å². The molecule has 1 aliphatic heterocycles. The number of nitriles is 1. The summed E-state index contributed by atoms with van der Waals surface area (Å²) in [7, 11) is 0. The molecule has 4 heteroatoms. The molecule has 0 radical (unpaired) electrons. The van der Waals surface area contributed by atoms with Crippen molar-refractivity contribution in [3.63, 3.8) is 0 Å². The first-order valence-corrected chi connectivity index (χ1v) is 6.95. The summed E-state index contributed by atoms with van der Waals surface area (Å²) in [6.07, 6.45) is 3.92. The Kier molecular flexibility index (Phi) is 9.43. The molecule has 0 aromatic heterocycles. The molecule has 17 heavy (non-hydrogen) atoms. The molecule has 1 rings (SSSR count). The summed E-state index contributed by atoms with van der Waals surface area (Å²) in [6, 6.07) is 0. The summed E-state index contributed by atoms with van der Waals surface area (Å²) in [5.41, 5.74) is 0. The van der Waals surface area contributed by atoms with Crippen LogP contribution in [-0.2, 0) is 17.4 Å². The standard InChI is InChI=1S/C12H26NO.CHNS/c1-4-9-14-11-13(10-12(2)3)7-5-6-8-13;2-1-3/h12H,4-11H2,1-3H3;3H/q+1;/p-1. The fourth-order valence-electron chi connectivity index (χ4n) is 2.55. The number of hydrogen-bond acceptors (Lipinski definition) is 3. The van der Waals surface area contributed by atoms with E-state index in [1.807, 2.05) is 0 Å². The van der Waals surface area contributed by atoms with Crippen LogP contribution in [0.15, 0.2) is 0 Å². The van der Waals surface area contributed by atoms with Gasteiger partial charge in [-0.1, -0.05) is 26.2 Å². The van der Waals surface area contributed by atoms with E-state index < -0.39 is 0 Å². The predicted octanol–water partition coefficient (Wildman–Crippen LogP) is 2.65. The molecule has 1 fully saturated rings. The van der Waals surface area contributed by atoms with Crippen molar-refractivity contribution in [2.75, 3.05) is 33.0 Å². The fraction of sp³-hybridized carbons (Fsp3) is 0.923. The Labute approximate surface area is 112 Å². The van der Waals surface area contributed by atoms with E-state index in [2.05, 4.69) is 33.4 Å². The van der Waals surface area contributed by atoms with Crippen molar-refractivity contribution in [3.8, 4) is 5.40 Å². The Bertz CT molecular complexity index is 220. The zero-order valence-corrected chi connectivity index (χ0v) is 12.3. The first kappa shape index (κ1) is 16.6. The average molecular weight is 258 g/mol. The highest BCUT2D eigenvalue weighted by atomic mass is 32.1. The predicted molar refractivity (Wildman–Crippen MR) is 73.0 cm³/mol. The van der Waals surface area contributed by atoms with Crippen molar-refractivity contribution in [2.24, 2.45) is 5.92 Å². The molecule has 0 atom stereocenters. The second-order valence-electron chi connectivity index (χ2n) is 5.20. The van der Waals surface area contributed by atoms with Gasteiger partial charge in [0.15, 0.2) is 6.73 Å². The van der Waals surface area contributed by atoms with Gasteiger partial charge in [-0.05, 0) is 6.42 Å². The molecule has 0 spiro atoms. The van der Waals surface area contributed by atoms with Crippen molar-refractivity contribution in [1.29, 1.82) is 5.26 Å². The number of quaternary nitrogens is 1. The third kappa shape index (κ3) is 7.54. The molecule has 1 heterocycles. The van der Waals surface area contributed by atoms with Gasteiger partial charge < -0.3 is 21.8 Å². The Morgan fingerprint density at radius 3 is 2.29 bits per heavy atom. The largest absolute Gasteiger partial charge is 0.696 e. The van der Waals surface area contributed by atoms with Crippen molar-refractivity contribution in [2.45, 2.75) is 40.0 Å². The first-order chi connectivity index (χ1) is 8.10. The van der Waals surface area contributed by atoms with Gasteiger partial charge in [0.2, 0.25) is 0 Å². The maximum absolute atomic E-state index is 7.13. The monoisotopic (exact) mass is 258 g/mol. The van der Waals surface area contributed by atoms with E-state index in [1.165, 1.54) is 42.4 Å². The van der Waals surface area contributed by atoms with Gasteiger partial charge in [-0.2, -0.15) is 0 Å². The van der Waals surface area contributed by atoms with Gasteiger partial charge in [0, 0.05) is 18.8 Å². The quantitative estimate of drug-likeness (QED) is 0.318. The van der Waals surface area contributed by atoms with Crippen LogP contribution in [0.5, 0.6) is 0 Å². The van der Waals surface area contributed by atoms with E-state index in [9.17, 15) is 0 Å². The van der Waals surface area contributed by atoms with Crippen LogP contribution >= 0.6 is 0 Å². The molecule has 0 N–H and O–H groups in total. The molecule has 0 aliphatic carbocycles. The van der Waals surface area contributed by atoms with Crippen molar-refractivity contribution in [3.05, 3.63) is 0 Å². The highest BCUT2D eigenvalue weighted by molar-refractivity contribution is 7.64. The van der Waals surface area contributed by atoms with E-state index in [0.29, 0.717) is 0 Å². The smallest absolute Gasteiger partial charge is 0.183 e. The van der Waals surface area contributed by atoms with Crippen LogP contribution in [0.3, 0.4) is 0 Å². The van der Waals surface area contributed by atoms with Crippen LogP contribution in [0.25, 0.3) is 0 Å². The molecule has 0 aromatic rings. The zero-order valence-electron chi connectivity index (χ0n) is 11.4. The van der Waals surface area contributed by atoms with Gasteiger partial charge in [0.05, 0.1) is 26.2 Å². The van der Waals surface area contributed by atoms with E-state index >= 15 is 0 Å². The molecular formula is C13H26N2OS. The third-order valence-electron chi connectivity index (χ3n) is 2.98. The third-order valence-corrected chi connectivity index (χ3v) is 2.98.